The van der Waals surface area contributed by atoms with E-state index in [-0.39, 0.29) is 0 Å². The molecule has 8 atom stereocenters. The lowest BCUT2D eigenvalue weighted by Crippen LogP contribution is -2.50. The third kappa shape index (κ3) is 3.42. The Kier molecular flexibility index (Phi) is 5.34. The molecule has 4 aliphatic carbocycles. The van der Waals surface area contributed by atoms with Crippen LogP contribution in [0.4, 0.5) is 0 Å². The zero-order valence-electron chi connectivity index (χ0n) is 19.6. The number of hydrogen-bond acceptors (Lipinski definition) is 1. The van der Waals surface area contributed by atoms with Crippen molar-refractivity contribution in [1.82, 2.24) is 0 Å². The van der Waals surface area contributed by atoms with E-state index in [2.05, 4.69) is 33.8 Å². The molecular weight excluding hydrogens is 340 g/mol. The first-order valence-electron chi connectivity index (χ1n) is 12.5. The lowest BCUT2D eigenvalue weighted by molar-refractivity contribution is -0.0537. The van der Waals surface area contributed by atoms with Gasteiger partial charge >= 0.3 is 0 Å². The topological polar surface area (TPSA) is 20.2 Å². The van der Waals surface area contributed by atoms with Gasteiger partial charge in [-0.2, -0.15) is 0 Å². The smallest absolute Gasteiger partial charge is 0.0591 e. The summed E-state index contributed by atoms with van der Waals surface area (Å²) in [7, 11) is 0. The van der Waals surface area contributed by atoms with Gasteiger partial charge < -0.3 is 5.11 Å². The Balaban J connectivity index is 1.52. The van der Waals surface area contributed by atoms with Crippen LogP contribution in [-0.4, -0.2) is 10.7 Å². The van der Waals surface area contributed by atoms with Crippen molar-refractivity contribution in [3.05, 3.63) is 11.6 Å². The summed E-state index contributed by atoms with van der Waals surface area (Å²) in [6.07, 6.45) is 16.3. The fourth-order valence-electron chi connectivity index (χ4n) is 8.60. The van der Waals surface area contributed by atoms with Crippen LogP contribution in [0.2, 0.25) is 0 Å². The van der Waals surface area contributed by atoms with Crippen LogP contribution < -0.4 is 0 Å². The molecule has 0 aliphatic heterocycles. The maximum Gasteiger partial charge on any atom is 0.0591 e. The van der Waals surface area contributed by atoms with Crippen LogP contribution >= 0.6 is 0 Å². The zero-order chi connectivity index (χ0) is 20.3. The highest BCUT2D eigenvalue weighted by molar-refractivity contribution is 5.25. The van der Waals surface area contributed by atoms with Crippen molar-refractivity contribution in [3.63, 3.8) is 0 Å². The molecule has 3 fully saturated rings. The van der Waals surface area contributed by atoms with Gasteiger partial charge in [-0.15, -0.1) is 0 Å². The largest absolute Gasteiger partial charge is 0.390 e. The van der Waals surface area contributed by atoms with E-state index in [4.69, 9.17) is 0 Å². The molecule has 0 spiro atoms. The summed E-state index contributed by atoms with van der Waals surface area (Å²) in [5, 5.41) is 10.2. The van der Waals surface area contributed by atoms with Crippen LogP contribution in [0, 0.1) is 46.3 Å². The first-order valence-corrected chi connectivity index (χ1v) is 12.5. The SMILES string of the molecule is C[C@H]1CC[C@@]2(C)C(=CCC3C4CCC([C@H](C)CCC(C)(C)O)[C@@]4(C)CCC32)C1. The zero-order valence-corrected chi connectivity index (χ0v) is 19.6. The average molecular weight is 387 g/mol. The van der Waals surface area contributed by atoms with Gasteiger partial charge in [0.15, 0.2) is 0 Å². The van der Waals surface area contributed by atoms with E-state index < -0.39 is 5.60 Å². The van der Waals surface area contributed by atoms with E-state index in [0.29, 0.717) is 10.8 Å². The van der Waals surface area contributed by atoms with E-state index in [9.17, 15) is 5.11 Å². The predicted octanol–water partition coefficient (Wildman–Crippen LogP) is 7.39. The first kappa shape index (κ1) is 21.0. The van der Waals surface area contributed by atoms with Crippen molar-refractivity contribution in [2.24, 2.45) is 46.3 Å². The molecule has 0 aromatic carbocycles. The molecule has 0 saturated heterocycles. The average Bonchev–Trinajstić information content (AvgIpc) is 2.97. The molecule has 3 saturated carbocycles. The van der Waals surface area contributed by atoms with Crippen LogP contribution in [0.1, 0.15) is 106 Å². The molecular formula is C27H46O. The lowest BCUT2D eigenvalue weighted by atomic mass is 9.46. The Morgan fingerprint density at radius 2 is 1.86 bits per heavy atom. The van der Waals surface area contributed by atoms with Crippen molar-refractivity contribution in [2.75, 3.05) is 0 Å². The standard InChI is InChI=1S/C27H46O/c1-18-11-15-26(5)20(17-18)7-8-21-23-10-9-22(19(2)12-14-25(3,4)28)27(23,6)16-13-24(21)26/h7,18-19,21-24,28H,8-17H2,1-6H3/t18-,19+,21?,22?,23?,24?,26-,27+/m0/s1. The minimum absolute atomic E-state index is 0.512. The molecule has 4 rings (SSSR count). The maximum absolute atomic E-state index is 10.2. The van der Waals surface area contributed by atoms with Crippen LogP contribution in [0.25, 0.3) is 0 Å². The summed E-state index contributed by atoms with van der Waals surface area (Å²) >= 11 is 0. The van der Waals surface area contributed by atoms with E-state index in [1.807, 2.05) is 19.4 Å². The molecule has 4 aliphatic rings. The van der Waals surface area contributed by atoms with Gasteiger partial charge in [0.1, 0.15) is 0 Å². The van der Waals surface area contributed by atoms with Crippen LogP contribution in [0.5, 0.6) is 0 Å². The second kappa shape index (κ2) is 7.14. The second-order valence-corrected chi connectivity index (χ2v) is 12.7. The summed E-state index contributed by atoms with van der Waals surface area (Å²) in [5.74, 6) is 5.34. The third-order valence-electron chi connectivity index (χ3n) is 10.3. The van der Waals surface area contributed by atoms with Gasteiger partial charge in [-0.05, 0) is 124 Å². The van der Waals surface area contributed by atoms with Gasteiger partial charge in [0.2, 0.25) is 0 Å². The minimum Gasteiger partial charge on any atom is -0.390 e. The predicted molar refractivity (Wildman–Crippen MR) is 119 cm³/mol. The fraction of sp³-hybridized carbons (Fsp3) is 0.926. The summed E-state index contributed by atoms with van der Waals surface area (Å²) < 4.78 is 0. The molecule has 0 amide bonds. The molecule has 28 heavy (non-hydrogen) atoms. The van der Waals surface area contributed by atoms with Gasteiger partial charge in [0, 0.05) is 0 Å². The molecule has 0 aromatic rings. The second-order valence-electron chi connectivity index (χ2n) is 12.7. The normalized spacial score (nSPS) is 47.0. The molecule has 160 valence electrons. The molecule has 0 bridgehead atoms. The van der Waals surface area contributed by atoms with Crippen molar-refractivity contribution in [1.29, 1.82) is 0 Å². The molecule has 4 unspecified atom stereocenters. The van der Waals surface area contributed by atoms with Crippen molar-refractivity contribution < 1.29 is 5.11 Å². The Morgan fingerprint density at radius 3 is 2.57 bits per heavy atom. The number of rotatable bonds is 4. The maximum atomic E-state index is 10.2. The Morgan fingerprint density at radius 1 is 1.11 bits per heavy atom. The summed E-state index contributed by atoms with van der Waals surface area (Å²) in [4.78, 5) is 0. The Labute approximate surface area is 174 Å². The number of aliphatic hydroxyl groups is 1. The van der Waals surface area contributed by atoms with Gasteiger partial charge in [0.05, 0.1) is 5.60 Å². The van der Waals surface area contributed by atoms with Crippen LogP contribution in [0.3, 0.4) is 0 Å². The Hall–Kier alpha value is -0.300. The highest BCUT2D eigenvalue weighted by Crippen LogP contribution is 2.67. The highest BCUT2D eigenvalue weighted by Gasteiger charge is 2.58. The van der Waals surface area contributed by atoms with Crippen LogP contribution in [-0.2, 0) is 0 Å². The summed E-state index contributed by atoms with van der Waals surface area (Å²) in [6, 6.07) is 0. The van der Waals surface area contributed by atoms with Crippen molar-refractivity contribution >= 4 is 0 Å². The fourth-order valence-corrected chi connectivity index (χ4v) is 8.60. The molecule has 1 N–H and O–H groups in total. The van der Waals surface area contributed by atoms with Gasteiger partial charge in [-0.1, -0.05) is 39.3 Å². The van der Waals surface area contributed by atoms with Gasteiger partial charge in [-0.3, -0.25) is 0 Å². The minimum atomic E-state index is -0.512. The summed E-state index contributed by atoms with van der Waals surface area (Å²) in [5.41, 5.74) is 2.39. The number of allylic oxidation sites excluding steroid dienone is 2. The molecule has 0 aromatic heterocycles. The summed E-state index contributed by atoms with van der Waals surface area (Å²) in [6.45, 7) is 14.2. The lowest BCUT2D eigenvalue weighted by Gasteiger charge is -2.58. The first-order chi connectivity index (χ1) is 13.0. The van der Waals surface area contributed by atoms with Gasteiger partial charge in [0.25, 0.3) is 0 Å². The monoisotopic (exact) mass is 386 g/mol. The number of fused-ring (bicyclic) bond motifs is 5. The quantitative estimate of drug-likeness (QED) is 0.499. The van der Waals surface area contributed by atoms with E-state index in [1.165, 1.54) is 57.8 Å². The molecule has 0 radical (unpaired) electrons. The van der Waals surface area contributed by atoms with E-state index >= 15 is 0 Å². The van der Waals surface area contributed by atoms with Gasteiger partial charge in [-0.25, -0.2) is 0 Å². The van der Waals surface area contributed by atoms with Crippen molar-refractivity contribution in [3.8, 4) is 0 Å². The molecule has 1 heteroatoms. The molecule has 1 nitrogen and oxygen atoms in total. The molecule has 0 heterocycles. The van der Waals surface area contributed by atoms with E-state index in [1.54, 1.807) is 0 Å². The van der Waals surface area contributed by atoms with Crippen molar-refractivity contribution in [2.45, 2.75) is 111 Å². The van der Waals surface area contributed by atoms with E-state index in [0.717, 1.165) is 41.9 Å². The van der Waals surface area contributed by atoms with Crippen LogP contribution in [0.15, 0.2) is 11.6 Å². The Bertz CT molecular complexity index is 612. The number of hydrogen-bond donors (Lipinski definition) is 1. The third-order valence-corrected chi connectivity index (χ3v) is 10.3. The highest BCUT2D eigenvalue weighted by atomic mass is 16.3.